The number of hydrogen-bond donors (Lipinski definition) is 0. The van der Waals surface area contributed by atoms with Crippen LogP contribution in [-0.4, -0.2) is 43.3 Å². The van der Waals surface area contributed by atoms with E-state index in [-0.39, 0.29) is 9.76 Å². The number of methoxy groups -OCH3 is 1. The molecule has 0 saturated carbocycles. The minimum Gasteiger partial charge on any atom is -0.424 e. The molecule has 0 unspecified atom stereocenters. The zero-order valence-electron chi connectivity index (χ0n) is 8.46. The van der Waals surface area contributed by atoms with Crippen molar-refractivity contribution in [3.63, 3.8) is 0 Å². The maximum atomic E-state index is 5.44. The molecule has 0 aliphatic carbocycles. The number of allylic oxidation sites excluding steroid dienone is 1. The molecule has 0 fully saturated rings. The smallest absolute Gasteiger partial charge is 0.165 e. The van der Waals surface area contributed by atoms with Crippen LogP contribution in [0.3, 0.4) is 0 Å². The van der Waals surface area contributed by atoms with Gasteiger partial charge in [0.2, 0.25) is 0 Å². The maximum absolute atomic E-state index is 5.44. The minimum absolute atomic E-state index is 0.331. The molecule has 0 spiro atoms. The van der Waals surface area contributed by atoms with Gasteiger partial charge in [-0.25, -0.2) is 0 Å². The van der Waals surface area contributed by atoms with Gasteiger partial charge in [-0.3, -0.25) is 0 Å². The van der Waals surface area contributed by atoms with Gasteiger partial charge in [-0.2, -0.15) is 0 Å². The Morgan fingerprint density at radius 1 is 1.23 bits per heavy atom. The average Bonchev–Trinajstić information content (AvgIpc) is 2.16. The van der Waals surface area contributed by atoms with Crippen molar-refractivity contribution in [2.45, 2.75) is 12.5 Å². The van der Waals surface area contributed by atoms with Crippen molar-refractivity contribution in [1.82, 2.24) is 0 Å². The van der Waals surface area contributed by atoms with Crippen LogP contribution >= 0.6 is 0 Å². The van der Waals surface area contributed by atoms with Gasteiger partial charge in [-0.15, -0.1) is 6.58 Å². The number of hydrogen-bond acceptors (Lipinski definition) is 3. The largest absolute Gasteiger partial charge is 0.424 e. The first kappa shape index (κ1) is 12.8. The van der Waals surface area contributed by atoms with Gasteiger partial charge in [-0.05, 0) is 12.5 Å². The lowest BCUT2D eigenvalue weighted by molar-refractivity contribution is 0.0646. The average molecular weight is 204 g/mol. The Morgan fingerprint density at radius 3 is 2.77 bits per heavy atom. The summed E-state index contributed by atoms with van der Waals surface area (Å²) in [6, 6.07) is 1.06. The lowest BCUT2D eigenvalue weighted by atomic mass is 10.5. The van der Waals surface area contributed by atoms with Crippen molar-refractivity contribution in [2.75, 3.05) is 33.5 Å². The van der Waals surface area contributed by atoms with E-state index >= 15 is 0 Å². The highest BCUT2D eigenvalue weighted by atomic mass is 28.2. The summed E-state index contributed by atoms with van der Waals surface area (Å²) in [6.45, 7) is 6.59. The summed E-state index contributed by atoms with van der Waals surface area (Å²) in [6.07, 6.45) is 2.90. The molecule has 4 heteroatoms. The van der Waals surface area contributed by atoms with Crippen LogP contribution in [0.1, 0.15) is 6.42 Å². The molecule has 0 aromatic carbocycles. The molecule has 0 amide bonds. The summed E-state index contributed by atoms with van der Waals surface area (Å²) in [4.78, 5) is 0. The van der Waals surface area contributed by atoms with E-state index in [1.807, 2.05) is 6.08 Å². The fourth-order valence-corrected chi connectivity index (χ4v) is 1.52. The Balaban J connectivity index is 2.79. The molecule has 0 bridgehead atoms. The quantitative estimate of drug-likeness (QED) is 0.298. The van der Waals surface area contributed by atoms with Crippen LogP contribution in [0.2, 0.25) is 6.04 Å². The third kappa shape index (κ3) is 11.8. The van der Waals surface area contributed by atoms with E-state index in [2.05, 4.69) is 6.58 Å². The first-order valence-electron chi connectivity index (χ1n) is 4.67. The van der Waals surface area contributed by atoms with Gasteiger partial charge in [0.15, 0.2) is 9.76 Å². The van der Waals surface area contributed by atoms with Crippen LogP contribution in [0, 0.1) is 0 Å². The second kappa shape index (κ2) is 11.8. The van der Waals surface area contributed by atoms with Crippen molar-refractivity contribution < 1.29 is 13.9 Å². The second-order valence-electron chi connectivity index (χ2n) is 2.65. The van der Waals surface area contributed by atoms with E-state index in [9.17, 15) is 0 Å². The van der Waals surface area contributed by atoms with Crippen molar-refractivity contribution in [2.24, 2.45) is 0 Å². The van der Waals surface area contributed by atoms with Crippen molar-refractivity contribution in [3.8, 4) is 0 Å². The molecule has 0 radical (unpaired) electrons. The summed E-state index contributed by atoms with van der Waals surface area (Å²) >= 11 is 0. The molecule has 0 atom stereocenters. The molecule has 0 aromatic rings. The fraction of sp³-hybridized carbons (Fsp3) is 0.778. The van der Waals surface area contributed by atoms with Crippen LogP contribution in [0.15, 0.2) is 12.7 Å². The SMILES string of the molecule is C=CC[SiH2]OCCCOCCOC. The highest BCUT2D eigenvalue weighted by Gasteiger charge is 1.89. The van der Waals surface area contributed by atoms with Crippen molar-refractivity contribution in [3.05, 3.63) is 12.7 Å². The summed E-state index contributed by atoms with van der Waals surface area (Å²) < 4.78 is 15.5. The van der Waals surface area contributed by atoms with Crippen molar-refractivity contribution in [1.29, 1.82) is 0 Å². The first-order valence-corrected chi connectivity index (χ1v) is 6.25. The Bertz CT molecular complexity index is 109. The minimum atomic E-state index is -0.331. The monoisotopic (exact) mass is 204 g/mol. The second-order valence-corrected chi connectivity index (χ2v) is 4.04. The van der Waals surface area contributed by atoms with Gasteiger partial charge in [0.1, 0.15) is 0 Å². The molecule has 0 aromatic heterocycles. The molecule has 3 nitrogen and oxygen atoms in total. The molecule has 0 saturated heterocycles. The van der Waals surface area contributed by atoms with Crippen LogP contribution in [0.25, 0.3) is 0 Å². The highest BCUT2D eigenvalue weighted by Crippen LogP contribution is 1.87. The van der Waals surface area contributed by atoms with Gasteiger partial charge in [-0.1, -0.05) is 6.08 Å². The summed E-state index contributed by atoms with van der Waals surface area (Å²) in [5, 5.41) is 0. The Kier molecular flexibility index (Phi) is 11.7. The molecule has 78 valence electrons. The predicted molar refractivity (Wildman–Crippen MR) is 56.8 cm³/mol. The molecule has 0 N–H and O–H groups in total. The van der Waals surface area contributed by atoms with E-state index in [1.165, 1.54) is 0 Å². The normalized spacial score (nSPS) is 11.2. The van der Waals surface area contributed by atoms with Crippen LogP contribution in [0.4, 0.5) is 0 Å². The van der Waals surface area contributed by atoms with E-state index < -0.39 is 0 Å². The van der Waals surface area contributed by atoms with Gasteiger partial charge < -0.3 is 13.9 Å². The van der Waals surface area contributed by atoms with Gasteiger partial charge in [0.05, 0.1) is 13.2 Å². The lowest BCUT2D eigenvalue weighted by Crippen LogP contribution is -2.06. The molecule has 0 heterocycles. The van der Waals surface area contributed by atoms with Gasteiger partial charge >= 0.3 is 0 Å². The lowest BCUT2D eigenvalue weighted by Gasteiger charge is -2.03. The third-order valence-corrected chi connectivity index (χ3v) is 2.70. The topological polar surface area (TPSA) is 27.7 Å². The van der Waals surface area contributed by atoms with Gasteiger partial charge in [0.25, 0.3) is 0 Å². The third-order valence-electron chi connectivity index (χ3n) is 1.48. The molecule has 0 aliphatic rings. The molecule has 0 aliphatic heterocycles. The number of ether oxygens (including phenoxy) is 2. The summed E-state index contributed by atoms with van der Waals surface area (Å²) in [5.74, 6) is 0. The predicted octanol–water partition coefficient (Wildman–Crippen LogP) is 0.744. The standard InChI is InChI=1S/C9H20O3Si/c1-3-9-13-12-6-4-5-11-8-7-10-2/h3H,1,4-9,13H2,2H3. The van der Waals surface area contributed by atoms with Crippen LogP contribution in [0.5, 0.6) is 0 Å². The molecular formula is C9H20O3Si. The van der Waals surface area contributed by atoms with E-state index in [4.69, 9.17) is 13.9 Å². The molecule has 0 rings (SSSR count). The molecular weight excluding hydrogens is 184 g/mol. The van der Waals surface area contributed by atoms with Crippen molar-refractivity contribution >= 4 is 9.76 Å². The number of rotatable bonds is 10. The zero-order valence-corrected chi connectivity index (χ0v) is 9.87. The van der Waals surface area contributed by atoms with E-state index in [0.29, 0.717) is 13.2 Å². The Hall–Kier alpha value is -0.163. The van der Waals surface area contributed by atoms with Crippen LogP contribution in [-0.2, 0) is 13.9 Å². The van der Waals surface area contributed by atoms with Gasteiger partial charge in [0, 0.05) is 20.3 Å². The Morgan fingerprint density at radius 2 is 2.08 bits per heavy atom. The maximum Gasteiger partial charge on any atom is 0.165 e. The molecule has 13 heavy (non-hydrogen) atoms. The zero-order chi connectivity index (χ0) is 9.78. The van der Waals surface area contributed by atoms with Crippen LogP contribution < -0.4 is 0 Å². The van der Waals surface area contributed by atoms with E-state index in [1.54, 1.807) is 7.11 Å². The fourth-order valence-electron chi connectivity index (χ4n) is 0.776. The highest BCUT2D eigenvalue weighted by molar-refractivity contribution is 6.27. The Labute approximate surface area is 83.0 Å². The summed E-state index contributed by atoms with van der Waals surface area (Å²) in [7, 11) is 1.34. The summed E-state index contributed by atoms with van der Waals surface area (Å²) in [5.41, 5.74) is 0. The van der Waals surface area contributed by atoms with E-state index in [0.717, 1.165) is 25.7 Å². The first-order chi connectivity index (χ1) is 6.41.